The molecule has 0 amide bonds. The van der Waals surface area contributed by atoms with Crippen LogP contribution in [0.3, 0.4) is 0 Å². The van der Waals surface area contributed by atoms with E-state index in [9.17, 15) is 5.11 Å². The molecule has 4 heteroatoms. The van der Waals surface area contributed by atoms with E-state index in [4.69, 9.17) is 12.2 Å². The van der Waals surface area contributed by atoms with Gasteiger partial charge in [0.05, 0.1) is 12.3 Å². The van der Waals surface area contributed by atoms with Crippen LogP contribution in [0.5, 0.6) is 0 Å². The van der Waals surface area contributed by atoms with E-state index in [1.54, 1.807) is 6.20 Å². The van der Waals surface area contributed by atoms with Gasteiger partial charge in [-0.1, -0.05) is 24.3 Å². The van der Waals surface area contributed by atoms with Crippen molar-refractivity contribution in [2.24, 2.45) is 0 Å². The van der Waals surface area contributed by atoms with Crippen LogP contribution in [0.25, 0.3) is 0 Å². The molecule has 1 aliphatic carbocycles. The number of nitrogens with one attached hydrogen (secondary N) is 1. The molecule has 0 saturated carbocycles. The lowest BCUT2D eigenvalue weighted by atomic mass is 9.77. The van der Waals surface area contributed by atoms with E-state index in [0.717, 1.165) is 18.7 Å². The van der Waals surface area contributed by atoms with Crippen molar-refractivity contribution in [2.75, 3.05) is 0 Å². The number of nitrogens with zero attached hydrogens (tertiary/aromatic N) is 1. The highest BCUT2D eigenvalue weighted by Gasteiger charge is 2.26. The van der Waals surface area contributed by atoms with Crippen LogP contribution in [0.2, 0.25) is 0 Å². The molecular weight excluding hydrogens is 232 g/mol. The first kappa shape index (κ1) is 10.7. The Bertz CT molecular complexity index is 599. The number of imidazole rings is 1. The predicted octanol–water partition coefficient (Wildman–Crippen LogP) is 2.38. The second kappa shape index (κ2) is 4.13. The van der Waals surface area contributed by atoms with Gasteiger partial charge < -0.3 is 14.7 Å². The van der Waals surface area contributed by atoms with E-state index in [0.29, 0.717) is 10.7 Å². The van der Waals surface area contributed by atoms with Gasteiger partial charge in [-0.15, -0.1) is 0 Å². The summed E-state index contributed by atoms with van der Waals surface area (Å²) < 4.78 is 2.69. The van der Waals surface area contributed by atoms with Crippen LogP contribution in [0.4, 0.5) is 0 Å². The quantitative estimate of drug-likeness (QED) is 0.816. The largest absolute Gasteiger partial charge is 0.390 e. The molecule has 1 heterocycles. The third kappa shape index (κ3) is 1.73. The highest BCUT2D eigenvalue weighted by Crippen LogP contribution is 2.36. The lowest BCUT2D eigenvalue weighted by molar-refractivity contribution is 0.268. The summed E-state index contributed by atoms with van der Waals surface area (Å²) in [7, 11) is 0. The molecule has 3 nitrogen and oxygen atoms in total. The number of benzene rings is 1. The van der Waals surface area contributed by atoms with Crippen LogP contribution in [-0.2, 0) is 19.6 Å². The third-order valence-corrected chi connectivity index (χ3v) is 3.82. The standard InChI is InChI=1S/C13H14N2OS/c16-8-11-6-14-13(17)15(11)7-10-5-9-3-1-2-4-12(9)10/h1-4,6,10,16H,5,7-8H2,(H,14,17). The molecule has 88 valence electrons. The number of aliphatic hydroxyl groups excluding tert-OH is 1. The molecule has 1 aromatic heterocycles. The van der Waals surface area contributed by atoms with Crippen molar-refractivity contribution in [2.45, 2.75) is 25.5 Å². The average Bonchev–Trinajstić information content (AvgIpc) is 2.67. The maximum absolute atomic E-state index is 9.24. The number of hydrogen-bond donors (Lipinski definition) is 2. The van der Waals surface area contributed by atoms with Crippen molar-refractivity contribution < 1.29 is 5.11 Å². The lowest BCUT2D eigenvalue weighted by Gasteiger charge is -2.30. The molecule has 2 N–H and O–H groups in total. The van der Waals surface area contributed by atoms with E-state index in [2.05, 4.69) is 29.2 Å². The van der Waals surface area contributed by atoms with Gasteiger partial charge in [-0.25, -0.2) is 0 Å². The molecule has 3 rings (SSSR count). The van der Waals surface area contributed by atoms with Crippen molar-refractivity contribution in [1.82, 2.24) is 9.55 Å². The van der Waals surface area contributed by atoms with Gasteiger partial charge in [-0.05, 0) is 29.8 Å². The summed E-state index contributed by atoms with van der Waals surface area (Å²) in [5, 5.41) is 9.24. The smallest absolute Gasteiger partial charge is 0.177 e. The molecule has 0 spiro atoms. The topological polar surface area (TPSA) is 40.9 Å². The van der Waals surface area contributed by atoms with E-state index in [1.807, 2.05) is 4.57 Å². The molecule has 1 unspecified atom stereocenters. The highest BCUT2D eigenvalue weighted by atomic mass is 32.1. The van der Waals surface area contributed by atoms with Crippen molar-refractivity contribution in [3.05, 3.63) is 52.1 Å². The molecule has 0 saturated heterocycles. The van der Waals surface area contributed by atoms with Crippen molar-refractivity contribution in [3.8, 4) is 0 Å². The van der Waals surface area contributed by atoms with Crippen LogP contribution < -0.4 is 0 Å². The third-order valence-electron chi connectivity index (χ3n) is 3.48. The van der Waals surface area contributed by atoms with Crippen LogP contribution >= 0.6 is 12.2 Å². The Hall–Kier alpha value is -1.39. The zero-order valence-corrected chi connectivity index (χ0v) is 10.2. The SMILES string of the molecule is OCc1c[nH]c(=S)n1CC1Cc2ccccc21. The molecule has 0 bridgehead atoms. The zero-order valence-electron chi connectivity index (χ0n) is 9.39. The van der Waals surface area contributed by atoms with Crippen molar-refractivity contribution in [3.63, 3.8) is 0 Å². The van der Waals surface area contributed by atoms with Crippen molar-refractivity contribution in [1.29, 1.82) is 0 Å². The van der Waals surface area contributed by atoms with Gasteiger partial charge in [0.15, 0.2) is 4.77 Å². The normalized spacial score (nSPS) is 17.6. The average molecular weight is 246 g/mol. The number of aromatic amines is 1. The van der Waals surface area contributed by atoms with Crippen LogP contribution in [-0.4, -0.2) is 14.7 Å². The lowest BCUT2D eigenvalue weighted by Crippen LogP contribution is -2.22. The summed E-state index contributed by atoms with van der Waals surface area (Å²) in [6, 6.07) is 8.51. The Morgan fingerprint density at radius 1 is 1.41 bits per heavy atom. The first-order chi connectivity index (χ1) is 8.29. The van der Waals surface area contributed by atoms with Crippen LogP contribution in [0.1, 0.15) is 22.7 Å². The van der Waals surface area contributed by atoms with E-state index < -0.39 is 0 Å². The van der Waals surface area contributed by atoms with Gasteiger partial charge in [0, 0.05) is 18.7 Å². The second-order valence-electron chi connectivity index (χ2n) is 4.45. The maximum Gasteiger partial charge on any atom is 0.177 e. The maximum atomic E-state index is 9.24. The first-order valence-corrected chi connectivity index (χ1v) is 6.16. The summed E-state index contributed by atoms with van der Waals surface area (Å²) in [4.78, 5) is 2.98. The number of fused-ring (bicyclic) bond motifs is 1. The highest BCUT2D eigenvalue weighted by molar-refractivity contribution is 7.71. The molecule has 17 heavy (non-hydrogen) atoms. The van der Waals surface area contributed by atoms with E-state index >= 15 is 0 Å². The Labute approximate surface area is 105 Å². The number of aromatic nitrogens is 2. The zero-order chi connectivity index (χ0) is 11.8. The molecule has 1 atom stereocenters. The minimum atomic E-state index is 0.0293. The van der Waals surface area contributed by atoms with E-state index in [-0.39, 0.29) is 6.61 Å². The molecule has 2 aromatic rings. The van der Waals surface area contributed by atoms with Gasteiger partial charge in [-0.2, -0.15) is 0 Å². The molecule has 1 aliphatic rings. The Morgan fingerprint density at radius 2 is 2.24 bits per heavy atom. The Balaban J connectivity index is 1.86. The number of aliphatic hydroxyl groups is 1. The van der Waals surface area contributed by atoms with Crippen molar-refractivity contribution >= 4 is 12.2 Å². The van der Waals surface area contributed by atoms with Gasteiger partial charge in [0.25, 0.3) is 0 Å². The fourth-order valence-corrected chi connectivity index (χ4v) is 2.76. The second-order valence-corrected chi connectivity index (χ2v) is 4.84. The fraction of sp³-hybridized carbons (Fsp3) is 0.308. The van der Waals surface area contributed by atoms with Gasteiger partial charge in [0.1, 0.15) is 0 Å². The Kier molecular flexibility index (Phi) is 2.61. The molecule has 0 radical (unpaired) electrons. The molecule has 1 aromatic carbocycles. The monoisotopic (exact) mass is 246 g/mol. The first-order valence-electron chi connectivity index (χ1n) is 5.75. The van der Waals surface area contributed by atoms with Gasteiger partial charge in [0.2, 0.25) is 0 Å². The Morgan fingerprint density at radius 3 is 3.00 bits per heavy atom. The van der Waals surface area contributed by atoms with Crippen LogP contribution in [0.15, 0.2) is 30.5 Å². The summed E-state index contributed by atoms with van der Waals surface area (Å²) in [5.41, 5.74) is 3.71. The summed E-state index contributed by atoms with van der Waals surface area (Å²) in [6.45, 7) is 0.886. The number of rotatable bonds is 3. The molecular formula is C13H14N2OS. The minimum Gasteiger partial charge on any atom is -0.390 e. The van der Waals surface area contributed by atoms with E-state index in [1.165, 1.54) is 11.1 Å². The van der Waals surface area contributed by atoms with Gasteiger partial charge in [-0.3, -0.25) is 0 Å². The molecule has 0 aliphatic heterocycles. The molecule has 0 fully saturated rings. The summed E-state index contributed by atoms with van der Waals surface area (Å²) in [6.07, 6.45) is 2.89. The predicted molar refractivity (Wildman–Crippen MR) is 68.4 cm³/mol. The van der Waals surface area contributed by atoms with Crippen LogP contribution in [0, 0.1) is 4.77 Å². The summed E-state index contributed by atoms with van der Waals surface area (Å²) in [5.74, 6) is 0.527. The van der Waals surface area contributed by atoms with Gasteiger partial charge >= 0.3 is 0 Å². The minimum absolute atomic E-state index is 0.0293. The number of H-pyrrole nitrogens is 1. The fourth-order valence-electron chi connectivity index (χ4n) is 2.51. The summed E-state index contributed by atoms with van der Waals surface area (Å²) >= 11 is 5.22. The number of hydrogen-bond acceptors (Lipinski definition) is 2.